The Morgan fingerprint density at radius 1 is 1.12 bits per heavy atom. The van der Waals surface area contributed by atoms with Crippen LogP contribution in [0.25, 0.3) is 0 Å². The van der Waals surface area contributed by atoms with Gasteiger partial charge in [-0.2, -0.15) is 17.5 Å². The molecule has 2 saturated heterocycles. The minimum atomic E-state index is -4.56. The Kier molecular flexibility index (Phi) is 4.23. The Hall–Kier alpha value is -2.14. The molecule has 11 heteroatoms. The van der Waals surface area contributed by atoms with Crippen LogP contribution in [0.2, 0.25) is 0 Å². The maximum atomic E-state index is 12.6. The average Bonchev–Trinajstić information content (AvgIpc) is 3.14. The van der Waals surface area contributed by atoms with Gasteiger partial charge in [-0.05, 0) is 30.7 Å². The van der Waals surface area contributed by atoms with Crippen molar-refractivity contribution < 1.29 is 35.9 Å². The Morgan fingerprint density at radius 2 is 1.76 bits per heavy atom. The second-order valence-electron chi connectivity index (χ2n) is 5.65. The zero-order valence-electron chi connectivity index (χ0n) is 12.7. The molecule has 2 heterocycles. The first kappa shape index (κ1) is 17.7. The van der Waals surface area contributed by atoms with Gasteiger partial charge in [-0.3, -0.25) is 4.79 Å². The van der Waals surface area contributed by atoms with Crippen molar-refractivity contribution in [2.45, 2.75) is 23.5 Å². The van der Waals surface area contributed by atoms with Gasteiger partial charge in [-0.15, -0.1) is 0 Å². The van der Waals surface area contributed by atoms with Crippen molar-refractivity contribution >= 4 is 22.0 Å². The molecule has 1 unspecified atom stereocenters. The van der Waals surface area contributed by atoms with Crippen molar-refractivity contribution in [3.05, 3.63) is 29.8 Å². The Morgan fingerprint density at radius 3 is 2.28 bits per heavy atom. The van der Waals surface area contributed by atoms with E-state index in [2.05, 4.69) is 4.74 Å². The molecule has 0 aliphatic carbocycles. The smallest absolute Gasteiger partial charge is 0.417 e. The molecule has 7 nitrogen and oxygen atoms in total. The largest absolute Gasteiger partial charge is 0.439 e. The van der Waals surface area contributed by atoms with E-state index in [0.717, 1.165) is 21.3 Å². The van der Waals surface area contributed by atoms with Crippen molar-refractivity contribution in [3.8, 4) is 0 Å². The summed E-state index contributed by atoms with van der Waals surface area (Å²) in [7, 11) is -4.02. The number of imide groups is 1. The Balaban J connectivity index is 1.77. The van der Waals surface area contributed by atoms with Gasteiger partial charge in [0.1, 0.15) is 0 Å². The molecule has 0 saturated carbocycles. The molecule has 2 aliphatic heterocycles. The first-order valence-corrected chi connectivity index (χ1v) is 8.71. The first-order valence-electron chi connectivity index (χ1n) is 7.27. The number of ether oxygens (including phenoxy) is 1. The summed E-state index contributed by atoms with van der Waals surface area (Å²) in [6.45, 7) is -0.448. The maximum Gasteiger partial charge on any atom is 0.417 e. The van der Waals surface area contributed by atoms with Gasteiger partial charge in [0.05, 0.1) is 16.5 Å². The Labute approximate surface area is 141 Å². The first-order chi connectivity index (χ1) is 11.6. The lowest BCUT2D eigenvalue weighted by Crippen LogP contribution is -2.42. The van der Waals surface area contributed by atoms with Crippen LogP contribution in [-0.4, -0.2) is 55.4 Å². The highest BCUT2D eigenvalue weighted by Gasteiger charge is 2.43. The third-order valence-corrected chi connectivity index (χ3v) is 5.97. The van der Waals surface area contributed by atoms with E-state index in [1.165, 1.54) is 0 Å². The highest BCUT2D eigenvalue weighted by molar-refractivity contribution is 7.89. The molecule has 1 aromatic rings. The van der Waals surface area contributed by atoms with Gasteiger partial charge >= 0.3 is 12.3 Å². The van der Waals surface area contributed by atoms with Crippen LogP contribution in [0.1, 0.15) is 12.0 Å². The molecule has 2 aliphatic rings. The lowest BCUT2D eigenvalue weighted by atomic mass is 10.2. The minimum absolute atomic E-state index is 0.0467. The standard InChI is InChI=1S/C14H13F3N2O5S/c15-14(16,17)9-1-3-11(4-2-9)25(22,23)18-6-5-10(7-18)19-12(20)8-24-13(19)21/h1-4,10H,5-8H2. The topological polar surface area (TPSA) is 84.0 Å². The van der Waals surface area contributed by atoms with E-state index >= 15 is 0 Å². The summed E-state index contributed by atoms with van der Waals surface area (Å²) in [5, 5.41) is 0. The second kappa shape index (κ2) is 5.99. The van der Waals surface area contributed by atoms with E-state index in [0.29, 0.717) is 12.1 Å². The maximum absolute atomic E-state index is 12.6. The van der Waals surface area contributed by atoms with Crippen molar-refractivity contribution in [2.24, 2.45) is 0 Å². The summed E-state index contributed by atoms with van der Waals surface area (Å²) in [4.78, 5) is 23.8. The Bertz CT molecular complexity index is 791. The zero-order valence-corrected chi connectivity index (χ0v) is 13.5. The second-order valence-corrected chi connectivity index (χ2v) is 7.58. The summed E-state index contributed by atoms with van der Waals surface area (Å²) in [6, 6.07) is 2.53. The number of hydrogen-bond donors (Lipinski definition) is 0. The number of nitrogens with zero attached hydrogens (tertiary/aromatic N) is 2. The van der Waals surface area contributed by atoms with Crippen LogP contribution in [0.5, 0.6) is 0 Å². The third kappa shape index (κ3) is 3.21. The number of carbonyl (C=O) groups is 2. The molecule has 1 atom stereocenters. The van der Waals surface area contributed by atoms with Crippen molar-refractivity contribution in [3.63, 3.8) is 0 Å². The van der Waals surface area contributed by atoms with E-state index in [1.807, 2.05) is 0 Å². The molecule has 25 heavy (non-hydrogen) atoms. The van der Waals surface area contributed by atoms with E-state index < -0.39 is 39.8 Å². The van der Waals surface area contributed by atoms with Gasteiger partial charge in [-0.1, -0.05) is 0 Å². The summed E-state index contributed by atoms with van der Waals surface area (Å²) >= 11 is 0. The summed E-state index contributed by atoms with van der Waals surface area (Å²) in [5.41, 5.74) is -0.948. The number of cyclic esters (lactones) is 1. The number of alkyl halides is 3. The average molecular weight is 378 g/mol. The molecule has 2 fully saturated rings. The van der Waals surface area contributed by atoms with Crippen molar-refractivity contribution in [2.75, 3.05) is 19.7 Å². The normalized spacial score (nSPS) is 22.5. The number of sulfonamides is 1. The highest BCUT2D eigenvalue weighted by Crippen LogP contribution is 2.31. The van der Waals surface area contributed by atoms with Crippen LogP contribution >= 0.6 is 0 Å². The van der Waals surface area contributed by atoms with Gasteiger partial charge in [-0.25, -0.2) is 18.1 Å². The number of amides is 2. The van der Waals surface area contributed by atoms with E-state index in [-0.39, 0.29) is 31.0 Å². The zero-order chi connectivity index (χ0) is 18.4. The van der Waals surface area contributed by atoms with Crippen LogP contribution in [0.4, 0.5) is 18.0 Å². The monoisotopic (exact) mass is 378 g/mol. The number of carbonyl (C=O) groups excluding carboxylic acids is 2. The molecule has 3 rings (SSSR count). The van der Waals surface area contributed by atoms with Crippen LogP contribution in [0, 0.1) is 0 Å². The van der Waals surface area contributed by atoms with Gasteiger partial charge < -0.3 is 4.74 Å². The van der Waals surface area contributed by atoms with Gasteiger partial charge in [0.2, 0.25) is 10.0 Å². The lowest BCUT2D eigenvalue weighted by Gasteiger charge is -2.20. The predicted octanol–water partition coefficient (Wildman–Crippen LogP) is 1.45. The molecule has 0 N–H and O–H groups in total. The molecular weight excluding hydrogens is 365 g/mol. The van der Waals surface area contributed by atoms with Gasteiger partial charge in [0.15, 0.2) is 6.61 Å². The van der Waals surface area contributed by atoms with Crippen molar-refractivity contribution in [1.29, 1.82) is 0 Å². The molecule has 0 aromatic heterocycles. The lowest BCUT2D eigenvalue weighted by molar-refractivity contribution is -0.137. The van der Waals surface area contributed by atoms with E-state index in [9.17, 15) is 31.2 Å². The van der Waals surface area contributed by atoms with Crippen LogP contribution < -0.4 is 0 Å². The van der Waals surface area contributed by atoms with E-state index in [1.54, 1.807) is 0 Å². The van der Waals surface area contributed by atoms with Crippen LogP contribution in [-0.2, 0) is 25.7 Å². The number of halogens is 3. The van der Waals surface area contributed by atoms with Crippen LogP contribution in [0.3, 0.4) is 0 Å². The van der Waals surface area contributed by atoms with Gasteiger partial charge in [0.25, 0.3) is 5.91 Å². The van der Waals surface area contributed by atoms with Crippen LogP contribution in [0.15, 0.2) is 29.2 Å². The van der Waals surface area contributed by atoms with Crippen molar-refractivity contribution in [1.82, 2.24) is 9.21 Å². The molecule has 2 amide bonds. The fraction of sp³-hybridized carbons (Fsp3) is 0.429. The molecular formula is C14H13F3N2O5S. The molecule has 0 bridgehead atoms. The number of rotatable bonds is 3. The van der Waals surface area contributed by atoms with E-state index in [4.69, 9.17) is 0 Å². The highest BCUT2D eigenvalue weighted by atomic mass is 32.2. The fourth-order valence-electron chi connectivity index (χ4n) is 2.82. The fourth-order valence-corrected chi connectivity index (χ4v) is 4.31. The molecule has 1 aromatic carbocycles. The summed E-state index contributed by atoms with van der Waals surface area (Å²) in [5.74, 6) is -0.538. The number of benzene rings is 1. The predicted molar refractivity (Wildman–Crippen MR) is 76.8 cm³/mol. The molecule has 0 spiro atoms. The third-order valence-electron chi connectivity index (χ3n) is 4.10. The quantitative estimate of drug-likeness (QED) is 0.795. The SMILES string of the molecule is O=C1COC(=O)N1C1CCN(S(=O)(=O)c2ccc(C(F)(F)F)cc2)C1. The number of hydrogen-bond acceptors (Lipinski definition) is 5. The van der Waals surface area contributed by atoms with Gasteiger partial charge in [0, 0.05) is 13.1 Å². The summed E-state index contributed by atoms with van der Waals surface area (Å²) < 4.78 is 68.5. The molecule has 136 valence electrons. The molecule has 0 radical (unpaired) electrons. The summed E-state index contributed by atoms with van der Waals surface area (Å²) in [6.07, 6.45) is -5.14. The minimum Gasteiger partial charge on any atom is -0.439 e.